The van der Waals surface area contributed by atoms with Crippen LogP contribution >= 0.6 is 15.9 Å². The molecule has 4 unspecified atom stereocenters. The van der Waals surface area contributed by atoms with Gasteiger partial charge in [0.15, 0.2) is 0 Å². The highest BCUT2D eigenvalue weighted by atomic mass is 79.9. The van der Waals surface area contributed by atoms with Crippen LogP contribution in [0.15, 0.2) is 174 Å². The number of hydrogen-bond acceptors (Lipinski definition) is 0. The Balaban J connectivity index is 1.07. The van der Waals surface area contributed by atoms with Gasteiger partial charge in [-0.2, -0.15) is 0 Å². The summed E-state index contributed by atoms with van der Waals surface area (Å²) in [6.45, 7) is 0. The third-order valence-electron chi connectivity index (χ3n) is 30.7. The fourth-order valence-electron chi connectivity index (χ4n) is 30.4. The lowest BCUT2D eigenvalue weighted by Gasteiger charge is -2.64. The second kappa shape index (κ2) is 9.48. The number of allylic oxidation sites excluding steroid dienone is 4. The first-order valence-electron chi connectivity index (χ1n) is 33.5. The molecule has 37 rings (SSSR count). The molecule has 0 amide bonds. The van der Waals surface area contributed by atoms with Crippen molar-refractivity contribution in [2.75, 3.05) is 0 Å². The number of rotatable bonds is 5. The first kappa shape index (κ1) is 38.2. The highest BCUT2D eigenvalue weighted by Gasteiger charge is 2.86. The number of halogens is 1. The molecule has 91 heavy (non-hydrogen) atoms. The third kappa shape index (κ3) is 2.30. The molecule has 11 aliphatic rings. The molecule has 0 aromatic heterocycles. The average molecular weight is 1190 g/mol. The van der Waals surface area contributed by atoms with Gasteiger partial charge in [0.25, 0.3) is 0 Å². The first-order valence-corrected chi connectivity index (χ1v) is 34.3. The van der Waals surface area contributed by atoms with E-state index in [0.29, 0.717) is 0 Å². The summed E-state index contributed by atoms with van der Waals surface area (Å²) >= 11 is 5.84. The van der Waals surface area contributed by atoms with Crippen LogP contribution in [0.3, 0.4) is 0 Å². The summed E-state index contributed by atoms with van der Waals surface area (Å²) in [6.07, 6.45) is 0. The molecule has 0 fully saturated rings. The van der Waals surface area contributed by atoms with Gasteiger partial charge in [-0.15, -0.1) is 0 Å². The van der Waals surface area contributed by atoms with Gasteiger partial charge in [-0.1, -0.05) is 168 Å². The van der Waals surface area contributed by atoms with Crippen molar-refractivity contribution in [3.63, 3.8) is 0 Å². The fraction of sp³-hybridized carbons (Fsp3) is 0.0667. The Kier molecular flexibility index (Phi) is 3.98. The second-order valence-corrected chi connectivity index (χ2v) is 32.7. The second-order valence-electron chi connectivity index (χ2n) is 31.5. The molecule has 0 N–H and O–H groups in total. The van der Waals surface area contributed by atoms with Gasteiger partial charge in [0.1, 0.15) is 0 Å². The Hall–Kier alpha value is -10.4. The van der Waals surface area contributed by atoms with Crippen LogP contribution in [0.4, 0.5) is 0 Å². The summed E-state index contributed by atoms with van der Waals surface area (Å²) in [7, 11) is 0. The molecule has 0 radical (unpaired) electrons. The highest BCUT2D eigenvalue weighted by Crippen LogP contribution is 2.94. The lowest BCUT2D eigenvalue weighted by atomic mass is 9.40. The molecule has 11 aliphatic carbocycles. The molecule has 4 atom stereocenters. The summed E-state index contributed by atoms with van der Waals surface area (Å²) in [5, 5.41) is 64.4. The van der Waals surface area contributed by atoms with E-state index in [0.717, 1.165) is 0 Å². The zero-order valence-electron chi connectivity index (χ0n) is 47.3. The molecule has 0 aliphatic heterocycles. The van der Waals surface area contributed by atoms with Gasteiger partial charge in [-0.25, -0.2) is 0 Å². The normalized spacial score (nSPS) is 27.4. The highest BCUT2D eigenvalue weighted by molar-refractivity contribution is 9.10. The molecule has 0 saturated heterocycles. The van der Waals surface area contributed by atoms with Crippen LogP contribution in [0.25, 0.3) is 215 Å². The van der Waals surface area contributed by atoms with Gasteiger partial charge in [-0.05, 0) is 321 Å². The number of hydrogen-bond donors (Lipinski definition) is 0. The lowest BCUT2D eigenvalue weighted by molar-refractivity contribution is 0.408. The van der Waals surface area contributed by atoms with Crippen molar-refractivity contribution in [1.29, 1.82) is 0 Å². The summed E-state index contributed by atoms with van der Waals surface area (Å²) in [5.41, 5.74) is 26.7. The van der Waals surface area contributed by atoms with Crippen molar-refractivity contribution in [3.8, 4) is 0 Å². The molecule has 0 spiro atoms. The summed E-state index contributed by atoms with van der Waals surface area (Å²) in [4.78, 5) is 0. The molecule has 0 saturated carbocycles. The monoisotopic (exact) mass is 1180 g/mol. The van der Waals surface area contributed by atoms with Gasteiger partial charge in [0, 0.05) is 0 Å². The van der Waals surface area contributed by atoms with Crippen molar-refractivity contribution in [2.45, 2.75) is 31.4 Å². The Labute approximate surface area is 516 Å². The summed E-state index contributed by atoms with van der Waals surface area (Å²) < 4.78 is -0.822. The van der Waals surface area contributed by atoms with E-state index < -0.39 is 31.4 Å². The van der Waals surface area contributed by atoms with Gasteiger partial charge in [0.2, 0.25) is 0 Å². The largest absolute Gasteiger partial charge is 0.0896 e. The predicted molar refractivity (Wildman–Crippen MR) is 375 cm³/mol. The first-order chi connectivity index (χ1) is 45.2. The van der Waals surface area contributed by atoms with E-state index in [1.165, 1.54) is 27.8 Å². The Bertz CT molecular complexity index is 8030. The summed E-state index contributed by atoms with van der Waals surface area (Å²) in [6, 6.07) is 62.4. The van der Waals surface area contributed by atoms with Crippen molar-refractivity contribution in [3.05, 3.63) is 257 Å². The molecule has 26 aromatic carbocycles. The fourth-order valence-corrected chi connectivity index (χ4v) is 32.0. The molecule has 0 heterocycles. The van der Waals surface area contributed by atoms with E-state index in [2.05, 4.69) is 152 Å². The maximum absolute atomic E-state index is 5.84. The third-order valence-corrected chi connectivity index (χ3v) is 32.1. The Morgan fingerprint density at radius 3 is 0.560 bits per heavy atom. The van der Waals surface area contributed by atoms with E-state index in [-0.39, 0.29) is 0 Å². The van der Waals surface area contributed by atoms with Crippen molar-refractivity contribution >= 4 is 231 Å². The smallest absolute Gasteiger partial charge is 0.0737 e. The number of benzene rings is 20. The molecule has 0 nitrogen and oxygen atoms in total. The Morgan fingerprint density at radius 1 is 0.165 bits per heavy atom. The van der Waals surface area contributed by atoms with E-state index in [1.807, 2.05) is 0 Å². The van der Waals surface area contributed by atoms with Crippen LogP contribution in [0.2, 0.25) is 0 Å². The quantitative estimate of drug-likeness (QED) is 0.119. The van der Waals surface area contributed by atoms with E-state index in [9.17, 15) is 0 Å². The lowest BCUT2D eigenvalue weighted by Crippen LogP contribution is -2.65. The minimum Gasteiger partial charge on any atom is -0.0737 e. The van der Waals surface area contributed by atoms with Crippen molar-refractivity contribution in [2.24, 2.45) is 0 Å². The molecule has 392 valence electrons. The van der Waals surface area contributed by atoms with Crippen molar-refractivity contribution in [1.82, 2.24) is 0 Å². The minimum atomic E-state index is -0.822. The van der Waals surface area contributed by atoms with E-state index >= 15 is 0 Å². The van der Waals surface area contributed by atoms with E-state index in [4.69, 9.17) is 15.9 Å². The van der Waals surface area contributed by atoms with E-state index in [1.54, 1.807) is 293 Å². The standard InChI is InChI=1S/C90H25Br/c91-90-83-81-82-84(90)88(29-22-12-4-13-23-29)76-66-56-46-38-33-31-32-34-35(33)40-48(46)58-60-50(40)49-39(34)47-45-37(32)43-41-36(31)42-44(38)54(56)64-62-52(42)51(41)61-63-53(43)55(45)65-67-57(47)59(49)69-70(60)80(78(88)68(58)66)89(90,30-24-14-5-15-25-30)79(69)77(67)87(83,28-20-10-3-11-21-28)75(65)73(63)85(81,26-16-6-1-7-17-26)71(61)72(62)86(82,74(64)76)27-18-8-2-9-19-27/h1-25H. The molecule has 0 bridgehead atoms. The van der Waals surface area contributed by atoms with Crippen molar-refractivity contribution < 1.29 is 0 Å². The topological polar surface area (TPSA) is 0 Å². The van der Waals surface area contributed by atoms with Crippen LogP contribution < -0.4 is 0 Å². The van der Waals surface area contributed by atoms with Crippen LogP contribution in [-0.2, 0) is 27.1 Å². The van der Waals surface area contributed by atoms with Gasteiger partial charge < -0.3 is 0 Å². The number of alkyl halides is 1. The van der Waals surface area contributed by atoms with Crippen LogP contribution in [-0.4, -0.2) is 4.32 Å². The van der Waals surface area contributed by atoms with Crippen LogP contribution in [0.1, 0.15) is 83.5 Å². The van der Waals surface area contributed by atoms with Gasteiger partial charge in [-0.3, -0.25) is 0 Å². The zero-order chi connectivity index (χ0) is 55.7. The summed E-state index contributed by atoms with van der Waals surface area (Å²) in [5.74, 6) is 0. The zero-order valence-corrected chi connectivity index (χ0v) is 48.9. The maximum atomic E-state index is 5.84. The molecule has 26 aromatic rings. The maximum Gasteiger partial charge on any atom is 0.0896 e. The average Bonchev–Trinajstić information content (AvgIpc) is 1.37. The van der Waals surface area contributed by atoms with Gasteiger partial charge in [0.05, 0.1) is 31.4 Å². The predicted octanol–water partition coefficient (Wildman–Crippen LogP) is 21.7. The Morgan fingerprint density at radius 2 is 0.330 bits per heavy atom. The SMILES string of the molecule is BrC12C3=C4C5=C1C1(c6ccccc6)c6c7c8c9c(c%10c%11c%12c(c%13c%14c%15c(c%16c%17c%18c(c1c1c6c6c8c8c%19c9c%11c9c%11c%12c%14c%12c%14c%15c%17c%15c%17c%18c1c1c6c8c6c(c9%19)c(c%11%12)c(c%14%15)c6c1%17)C%162c1ccccc1)C3%13c1ccccc1)C4%10c1ccccc1)C57c1ccccc1. The molecule has 1 heteroatoms. The molecular weight excluding hydrogens is 1160 g/mol. The van der Waals surface area contributed by atoms with Crippen LogP contribution in [0.5, 0.6) is 0 Å². The van der Waals surface area contributed by atoms with Crippen LogP contribution in [0, 0.1) is 0 Å². The molecular formula is C90H25Br. The minimum absolute atomic E-state index is 0.682. The van der Waals surface area contributed by atoms with Gasteiger partial charge >= 0.3 is 0 Å².